The molecule has 4 saturated heterocycles. The van der Waals surface area contributed by atoms with Gasteiger partial charge in [-0.25, -0.2) is 0 Å². The van der Waals surface area contributed by atoms with Gasteiger partial charge >= 0.3 is 137 Å². The Kier molecular flexibility index (Phi) is 21.0. The van der Waals surface area contributed by atoms with Gasteiger partial charge in [0.1, 0.15) is 0 Å². The Hall–Kier alpha value is 3.22. The van der Waals surface area contributed by atoms with Crippen LogP contribution in [-0.2, 0) is 70.0 Å². The second-order valence-electron chi connectivity index (χ2n) is 28.0. The minimum absolute atomic E-state index is 0.744. The van der Waals surface area contributed by atoms with Crippen molar-refractivity contribution < 1.29 is 70.0 Å². The zero-order chi connectivity index (χ0) is 56.7. The molecule has 0 N–H and O–H groups in total. The highest BCUT2D eigenvalue weighted by atomic mass is 28.6. The molecule has 0 aromatic rings. The molecule has 4 aliphatic heterocycles. The highest BCUT2D eigenvalue weighted by molar-refractivity contribution is 6.98. The molecule has 0 amide bonds. The summed E-state index contributed by atoms with van der Waals surface area (Å²) in [4.78, 5) is 0. The van der Waals surface area contributed by atoms with E-state index in [1.807, 2.05) is 0 Å². The van der Waals surface area contributed by atoms with Gasteiger partial charge in [0.15, 0.2) is 16.6 Å². The molecule has 0 bridgehead atoms. The quantitative estimate of drug-likeness (QED) is 0.151. The molecule has 0 unspecified atom stereocenters. The molecule has 4 fully saturated rings. The summed E-state index contributed by atoms with van der Waals surface area (Å²) < 4.78 is 121. The second kappa shape index (κ2) is 22.3. The molecule has 0 atom stereocenters. The number of rotatable bonds is 14. The Morgan fingerprint density at radius 2 is 0.315 bits per heavy atom. The first kappa shape index (κ1) is 68.7. The first-order valence-corrected chi connectivity index (χ1v) is 76.3. The van der Waals surface area contributed by atoms with Gasteiger partial charge in [0.05, 0.1) is 0 Å². The average molecular weight is 1340 g/mol. The summed E-state index contributed by atoms with van der Waals surface area (Å²) in [6.45, 7) is 65.1. The van der Waals surface area contributed by atoms with E-state index in [1.54, 1.807) is 0 Å². The lowest BCUT2D eigenvalue weighted by molar-refractivity contribution is 0.232. The van der Waals surface area contributed by atoms with Crippen LogP contribution in [-0.4, -0.2) is 154 Å². The molecule has 0 aromatic heterocycles. The van der Waals surface area contributed by atoms with Crippen LogP contribution in [0, 0.1) is 0 Å². The predicted octanol–water partition coefficient (Wildman–Crippen LogP) is 13.2. The molecule has 73 heavy (non-hydrogen) atoms. The lowest BCUT2D eigenvalue weighted by atomic mass is 10.9. The van der Waals surface area contributed by atoms with Crippen molar-refractivity contribution in [2.75, 3.05) is 0 Å². The van der Waals surface area contributed by atoms with Crippen molar-refractivity contribution in [2.24, 2.45) is 0 Å². The lowest BCUT2D eigenvalue weighted by Gasteiger charge is -2.50. The van der Waals surface area contributed by atoms with E-state index in [9.17, 15) is 0 Å². The van der Waals surface area contributed by atoms with Gasteiger partial charge in [0, 0.05) is 0 Å². The maximum absolute atomic E-state index is 8.33. The van der Waals surface area contributed by atoms with Crippen LogP contribution in [0.15, 0.2) is 0 Å². The summed E-state index contributed by atoms with van der Waals surface area (Å²) in [6.07, 6.45) is 0. The van der Waals surface area contributed by atoms with Gasteiger partial charge < -0.3 is 70.0 Å². The molecule has 4 rings (SSSR count). The lowest BCUT2D eigenvalue weighted by Crippen LogP contribution is -2.66. The van der Waals surface area contributed by atoms with Crippen molar-refractivity contribution in [1.29, 1.82) is 0 Å². The van der Waals surface area contributed by atoms with Gasteiger partial charge in [-0.3, -0.25) is 0 Å². The summed E-state index contributed by atoms with van der Waals surface area (Å²) in [5, 5.41) is 0. The molecular weight excluding hydrogens is 1230 g/mol. The molecule has 4 aliphatic rings. The molecule has 0 saturated carbocycles. The molecule has 0 radical (unpaired) electrons. The van der Waals surface area contributed by atoms with Gasteiger partial charge in [-0.15, -0.1) is 0 Å². The molecule has 0 aromatic carbocycles. The van der Waals surface area contributed by atoms with Gasteiger partial charge in [-0.2, -0.15) is 0 Å². The summed E-state index contributed by atoms with van der Waals surface area (Å²) in [5.74, 6) is 0. The topological polar surface area (TPSA) is 157 Å². The third kappa shape index (κ3) is 22.7. The first-order chi connectivity index (χ1) is 31.8. The fourth-order valence-electron chi connectivity index (χ4n) is 12.7. The van der Waals surface area contributed by atoms with E-state index in [0.717, 1.165) is 48.4 Å². The molecule has 0 spiro atoms. The van der Waals surface area contributed by atoms with Crippen LogP contribution in [0.25, 0.3) is 0 Å². The van der Waals surface area contributed by atoms with Crippen LogP contribution < -0.4 is 0 Å². The minimum atomic E-state index is -2.93. The van der Waals surface area contributed by atoms with Crippen LogP contribution in [0.4, 0.5) is 0 Å². The zero-order valence-electron chi connectivity index (χ0n) is 51.6. The van der Waals surface area contributed by atoms with Crippen LogP contribution in [0.1, 0.15) is 0 Å². The fourth-order valence-corrected chi connectivity index (χ4v) is 118. The normalized spacial score (nSPS) is 30.3. The SMILES string of the molecule is C[Si](CC[Si]1(C)O[Si](C)(C)O[Si](C)(C)O[Si](C)(C)O1)(CC[Si]1(C)O[Si](C)(C)O[Si](C)(C)O[Si](C)(C)O1)O[Si](C)(CC[Si]1(C)O[Si](C)(C)O[Si](C)(C)O[Si](C)(C)O1)CC[Si]1(C)O[Si](C)(C)O[Si](C)(C)O[Si](C)(C)O1. The first-order valence-electron chi connectivity index (χ1n) is 26.8. The van der Waals surface area contributed by atoms with E-state index in [-0.39, 0.29) is 0 Å². The van der Waals surface area contributed by atoms with Gasteiger partial charge in [-0.1, -0.05) is 0 Å². The monoisotopic (exact) mass is 1340 g/mol. The van der Waals surface area contributed by atoms with E-state index in [4.69, 9.17) is 70.0 Å². The third-order valence-corrected chi connectivity index (χ3v) is 89.4. The van der Waals surface area contributed by atoms with Crippen molar-refractivity contribution in [3.63, 3.8) is 0 Å². The van der Waals surface area contributed by atoms with Crippen LogP contribution in [0.5, 0.6) is 0 Å². The van der Waals surface area contributed by atoms with Crippen molar-refractivity contribution in [3.05, 3.63) is 0 Å². The van der Waals surface area contributed by atoms with E-state index in [0.29, 0.717) is 0 Å². The van der Waals surface area contributed by atoms with Crippen molar-refractivity contribution in [2.45, 2.75) is 245 Å². The molecule has 17 nitrogen and oxygen atoms in total. The van der Waals surface area contributed by atoms with E-state index < -0.39 is 154 Å². The minimum Gasteiger partial charge on any atom is -0.455 e. The van der Waals surface area contributed by atoms with Crippen LogP contribution in [0.3, 0.4) is 0 Å². The van der Waals surface area contributed by atoms with Crippen molar-refractivity contribution in [3.8, 4) is 0 Å². The molecular formula is C38H106O17Si18. The standard InChI is InChI=1S/C38H106O17Si18/c1-56(2)39-60(9,10)47-70(27,48-61(11,12)40-56)35-31-68(25,32-36-71(28)49-62(13,14)41-57(3,4)42-63(15,16)50-71)55-69(26,33-37-72(29)51-64(17,18)43-58(5,6)44-65(19,20)52-72)34-38-73(30)53-66(21,22)45-59(7,8)46-67(23,24)54-73/h31-38H2,1-30H3. The number of hydrogen-bond donors (Lipinski definition) is 0. The predicted molar refractivity (Wildman–Crippen MR) is 336 cm³/mol. The summed E-state index contributed by atoms with van der Waals surface area (Å²) >= 11 is 0. The Morgan fingerprint density at radius 1 is 0.205 bits per heavy atom. The molecule has 35 heteroatoms. The van der Waals surface area contributed by atoms with Gasteiger partial charge in [0.2, 0.25) is 0 Å². The second-order valence-corrected chi connectivity index (χ2v) is 94.3. The van der Waals surface area contributed by atoms with Crippen molar-refractivity contribution >= 4 is 154 Å². The van der Waals surface area contributed by atoms with E-state index >= 15 is 0 Å². The molecule has 4 heterocycles. The summed E-state index contributed by atoms with van der Waals surface area (Å²) in [6, 6.07) is 6.25. The van der Waals surface area contributed by atoms with Gasteiger partial charge in [-0.05, 0) is 245 Å². The van der Waals surface area contributed by atoms with Crippen LogP contribution in [0.2, 0.25) is 245 Å². The van der Waals surface area contributed by atoms with E-state index in [1.165, 1.54) is 0 Å². The molecule has 432 valence electrons. The van der Waals surface area contributed by atoms with Gasteiger partial charge in [0.25, 0.3) is 0 Å². The third-order valence-electron chi connectivity index (χ3n) is 12.6. The van der Waals surface area contributed by atoms with Crippen molar-refractivity contribution in [1.82, 2.24) is 0 Å². The fraction of sp³-hybridized carbons (Fsp3) is 1.00. The Balaban J connectivity index is 1.87. The smallest absolute Gasteiger partial charge is 0.317 e. The molecule has 0 aliphatic carbocycles. The van der Waals surface area contributed by atoms with Crippen LogP contribution >= 0.6 is 0 Å². The summed E-state index contributed by atoms with van der Waals surface area (Å²) in [7, 11) is -48.6. The Bertz CT molecular complexity index is 1580. The average Bonchev–Trinajstić information content (AvgIpc) is 3.00. The van der Waals surface area contributed by atoms with E-state index in [2.05, 4.69) is 196 Å². The maximum Gasteiger partial charge on any atom is 0.317 e. The Labute approximate surface area is 464 Å². The largest absolute Gasteiger partial charge is 0.455 e. The highest BCUT2D eigenvalue weighted by Crippen LogP contribution is 2.44. The highest BCUT2D eigenvalue weighted by Gasteiger charge is 2.59. The zero-order valence-corrected chi connectivity index (χ0v) is 69.6. The number of hydrogen-bond acceptors (Lipinski definition) is 17. The summed E-state index contributed by atoms with van der Waals surface area (Å²) in [5.41, 5.74) is 0. The maximum atomic E-state index is 8.33. The Morgan fingerprint density at radius 3 is 0.438 bits per heavy atom.